The predicted octanol–water partition coefficient (Wildman–Crippen LogP) is 4.69. The van der Waals surface area contributed by atoms with Crippen LogP contribution in [-0.4, -0.2) is 16.7 Å². The molecule has 4 aromatic rings. The van der Waals surface area contributed by atoms with Crippen LogP contribution in [0.5, 0.6) is 0 Å². The largest absolute Gasteiger partial charge is 0.423 e. The van der Waals surface area contributed by atoms with Gasteiger partial charge in [0.25, 0.3) is 0 Å². The average Bonchev–Trinajstić information content (AvgIpc) is 3.11. The molecule has 0 aliphatic rings. The standard InChI is InChI=1S/C19H15N3O2S2/c1-2-9-20-18-21-22-19(26-18)25-11-13-10-16(23)24-15-8-7-12-5-3-4-6-14(12)17(13)15/h2-8,10H,1,9,11H2,(H,20,21). The molecule has 0 saturated heterocycles. The van der Waals surface area contributed by atoms with E-state index in [9.17, 15) is 4.79 Å². The van der Waals surface area contributed by atoms with E-state index < -0.39 is 0 Å². The fraction of sp³-hybridized carbons (Fsp3) is 0.105. The van der Waals surface area contributed by atoms with Crippen molar-refractivity contribution in [2.24, 2.45) is 0 Å². The summed E-state index contributed by atoms with van der Waals surface area (Å²) in [7, 11) is 0. The summed E-state index contributed by atoms with van der Waals surface area (Å²) in [4.78, 5) is 12.0. The molecule has 0 fully saturated rings. The molecule has 26 heavy (non-hydrogen) atoms. The van der Waals surface area contributed by atoms with Crippen LogP contribution in [0.25, 0.3) is 21.7 Å². The van der Waals surface area contributed by atoms with Gasteiger partial charge >= 0.3 is 5.63 Å². The lowest BCUT2D eigenvalue weighted by Gasteiger charge is -2.07. The Labute approximate surface area is 157 Å². The summed E-state index contributed by atoms with van der Waals surface area (Å²) in [5.74, 6) is 0.617. The predicted molar refractivity (Wildman–Crippen MR) is 108 cm³/mol. The number of hydrogen-bond donors (Lipinski definition) is 1. The van der Waals surface area contributed by atoms with E-state index in [-0.39, 0.29) is 5.63 Å². The van der Waals surface area contributed by atoms with Crippen LogP contribution in [-0.2, 0) is 5.75 Å². The van der Waals surface area contributed by atoms with Crippen LogP contribution in [0.1, 0.15) is 5.56 Å². The first kappa shape index (κ1) is 16.8. The Kier molecular flexibility index (Phi) is 4.73. The van der Waals surface area contributed by atoms with Crippen molar-refractivity contribution < 1.29 is 4.42 Å². The second-order valence-corrected chi connectivity index (χ2v) is 7.78. The lowest BCUT2D eigenvalue weighted by molar-refractivity contribution is 0.560. The van der Waals surface area contributed by atoms with Gasteiger partial charge in [-0.15, -0.1) is 16.8 Å². The Hall–Kier alpha value is -2.64. The van der Waals surface area contributed by atoms with Crippen molar-refractivity contribution in [1.29, 1.82) is 0 Å². The van der Waals surface area contributed by atoms with Gasteiger partial charge in [0.15, 0.2) is 4.34 Å². The molecule has 2 aromatic carbocycles. The molecular weight excluding hydrogens is 366 g/mol. The molecule has 0 unspecified atom stereocenters. The Bertz CT molecular complexity index is 1150. The lowest BCUT2D eigenvalue weighted by atomic mass is 10.0. The molecular formula is C19H15N3O2S2. The second-order valence-electron chi connectivity index (χ2n) is 5.58. The zero-order valence-corrected chi connectivity index (χ0v) is 15.4. The summed E-state index contributed by atoms with van der Waals surface area (Å²) in [5, 5.41) is 15.3. The molecule has 5 nitrogen and oxygen atoms in total. The number of benzene rings is 2. The maximum absolute atomic E-state index is 12.0. The number of rotatable bonds is 6. The van der Waals surface area contributed by atoms with Gasteiger partial charge in [-0.05, 0) is 22.4 Å². The van der Waals surface area contributed by atoms with E-state index in [1.165, 1.54) is 11.3 Å². The number of aromatic nitrogens is 2. The lowest BCUT2D eigenvalue weighted by Crippen LogP contribution is -2.00. The van der Waals surface area contributed by atoms with E-state index in [1.54, 1.807) is 23.9 Å². The summed E-state index contributed by atoms with van der Waals surface area (Å²) in [6.07, 6.45) is 1.77. The fourth-order valence-corrected chi connectivity index (χ4v) is 4.51. The van der Waals surface area contributed by atoms with Crippen molar-refractivity contribution in [1.82, 2.24) is 10.2 Å². The minimum absolute atomic E-state index is 0.339. The van der Waals surface area contributed by atoms with Crippen molar-refractivity contribution in [2.45, 2.75) is 10.1 Å². The Morgan fingerprint density at radius 3 is 3.00 bits per heavy atom. The first-order valence-corrected chi connectivity index (χ1v) is 9.80. The molecule has 0 aliphatic carbocycles. The van der Waals surface area contributed by atoms with Crippen LogP contribution in [0.4, 0.5) is 5.13 Å². The van der Waals surface area contributed by atoms with Crippen molar-refractivity contribution in [3.05, 3.63) is 71.1 Å². The van der Waals surface area contributed by atoms with Crippen LogP contribution in [0.15, 0.2) is 68.7 Å². The van der Waals surface area contributed by atoms with Crippen LogP contribution in [0.2, 0.25) is 0 Å². The number of fused-ring (bicyclic) bond motifs is 3. The highest BCUT2D eigenvalue weighted by Gasteiger charge is 2.11. The van der Waals surface area contributed by atoms with Gasteiger partial charge in [-0.3, -0.25) is 0 Å². The highest BCUT2D eigenvalue weighted by atomic mass is 32.2. The zero-order valence-electron chi connectivity index (χ0n) is 13.8. The average molecular weight is 381 g/mol. The SMILES string of the molecule is C=CCNc1nnc(SCc2cc(=O)oc3ccc4ccccc4c23)s1. The van der Waals surface area contributed by atoms with Crippen molar-refractivity contribution in [3.63, 3.8) is 0 Å². The topological polar surface area (TPSA) is 68.0 Å². The summed E-state index contributed by atoms with van der Waals surface area (Å²) >= 11 is 3.04. The number of nitrogens with one attached hydrogen (secondary N) is 1. The second kappa shape index (κ2) is 7.31. The monoisotopic (exact) mass is 381 g/mol. The molecule has 4 rings (SSSR count). The molecule has 0 bridgehead atoms. The first-order valence-electron chi connectivity index (χ1n) is 8.00. The van der Waals surface area contributed by atoms with E-state index in [0.717, 1.165) is 31.2 Å². The Balaban J connectivity index is 1.69. The summed E-state index contributed by atoms with van der Waals surface area (Å²) in [5.41, 5.74) is 1.21. The molecule has 7 heteroatoms. The number of anilines is 1. The first-order chi connectivity index (χ1) is 12.7. The quantitative estimate of drug-likeness (QED) is 0.226. The smallest absolute Gasteiger partial charge is 0.336 e. The molecule has 0 radical (unpaired) electrons. The summed E-state index contributed by atoms with van der Waals surface area (Å²) in [6, 6.07) is 13.5. The molecule has 130 valence electrons. The van der Waals surface area contributed by atoms with E-state index >= 15 is 0 Å². The van der Waals surface area contributed by atoms with Crippen LogP contribution < -0.4 is 10.9 Å². The van der Waals surface area contributed by atoms with E-state index in [0.29, 0.717) is 17.9 Å². The van der Waals surface area contributed by atoms with Gasteiger partial charge in [0, 0.05) is 23.8 Å². The van der Waals surface area contributed by atoms with Gasteiger partial charge in [-0.25, -0.2) is 4.79 Å². The molecule has 2 heterocycles. The van der Waals surface area contributed by atoms with Gasteiger partial charge in [0.05, 0.1) is 0 Å². The maximum Gasteiger partial charge on any atom is 0.336 e. The number of hydrogen-bond acceptors (Lipinski definition) is 7. The molecule has 1 N–H and O–H groups in total. The molecule has 2 aromatic heterocycles. The molecule has 0 amide bonds. The molecule has 0 saturated carbocycles. The number of thioether (sulfide) groups is 1. The van der Waals surface area contributed by atoms with E-state index in [1.807, 2.05) is 30.3 Å². The molecule has 0 atom stereocenters. The maximum atomic E-state index is 12.0. The zero-order chi connectivity index (χ0) is 17.9. The third-order valence-corrected chi connectivity index (χ3v) is 5.93. The Morgan fingerprint density at radius 2 is 2.12 bits per heavy atom. The van der Waals surface area contributed by atoms with Crippen LogP contribution >= 0.6 is 23.1 Å². The minimum atomic E-state index is -0.339. The van der Waals surface area contributed by atoms with Gasteiger partial charge in [0.2, 0.25) is 5.13 Å². The minimum Gasteiger partial charge on any atom is -0.423 e. The van der Waals surface area contributed by atoms with Gasteiger partial charge in [0.1, 0.15) is 5.58 Å². The Morgan fingerprint density at radius 1 is 1.23 bits per heavy atom. The van der Waals surface area contributed by atoms with Gasteiger partial charge in [-0.2, -0.15) is 0 Å². The molecule has 0 aliphatic heterocycles. The number of nitrogens with zero attached hydrogens (tertiary/aromatic N) is 2. The third-order valence-electron chi connectivity index (χ3n) is 3.87. The van der Waals surface area contributed by atoms with Gasteiger partial charge < -0.3 is 9.73 Å². The van der Waals surface area contributed by atoms with Crippen LogP contribution in [0.3, 0.4) is 0 Å². The van der Waals surface area contributed by atoms with Crippen molar-refractivity contribution >= 4 is 50.0 Å². The fourth-order valence-electron chi connectivity index (χ4n) is 2.77. The van der Waals surface area contributed by atoms with Crippen molar-refractivity contribution in [2.75, 3.05) is 11.9 Å². The highest BCUT2D eigenvalue weighted by molar-refractivity contribution is 8.00. The summed E-state index contributed by atoms with van der Waals surface area (Å²) in [6.45, 7) is 4.32. The van der Waals surface area contributed by atoms with E-state index in [4.69, 9.17) is 4.42 Å². The normalized spacial score (nSPS) is 11.1. The van der Waals surface area contributed by atoms with Gasteiger partial charge in [-0.1, -0.05) is 59.5 Å². The highest BCUT2D eigenvalue weighted by Crippen LogP contribution is 2.33. The third kappa shape index (κ3) is 3.36. The van der Waals surface area contributed by atoms with E-state index in [2.05, 4.69) is 28.2 Å². The van der Waals surface area contributed by atoms with Crippen LogP contribution in [0, 0.1) is 0 Å². The van der Waals surface area contributed by atoms with Crippen molar-refractivity contribution in [3.8, 4) is 0 Å². The molecule has 0 spiro atoms. The summed E-state index contributed by atoms with van der Waals surface area (Å²) < 4.78 is 6.25.